The van der Waals surface area contributed by atoms with E-state index in [1.165, 1.54) is 16.9 Å². The zero-order chi connectivity index (χ0) is 20.9. The molecule has 0 N–H and O–H groups in total. The normalized spacial score (nSPS) is 20.5. The lowest BCUT2D eigenvalue weighted by Crippen LogP contribution is -2.33. The van der Waals surface area contributed by atoms with Gasteiger partial charge in [-0.2, -0.15) is 0 Å². The predicted molar refractivity (Wildman–Crippen MR) is 127 cm³/mol. The van der Waals surface area contributed by atoms with Gasteiger partial charge in [-0.3, -0.25) is 4.90 Å². The molecule has 1 unspecified atom stereocenters. The smallest absolute Gasteiger partial charge is 0.191 e. The first-order valence-electron chi connectivity index (χ1n) is 11.3. The highest BCUT2D eigenvalue weighted by Crippen LogP contribution is 2.32. The van der Waals surface area contributed by atoms with Crippen molar-refractivity contribution in [2.75, 3.05) is 25.4 Å². The van der Waals surface area contributed by atoms with Gasteiger partial charge in [0.25, 0.3) is 0 Å². The minimum Gasteiger partial charge on any atom is -0.377 e. The number of hydrogen-bond acceptors (Lipinski definition) is 6. The second-order valence-corrected chi connectivity index (χ2v) is 10.5. The van der Waals surface area contributed by atoms with Gasteiger partial charge >= 0.3 is 0 Å². The van der Waals surface area contributed by atoms with Crippen LogP contribution in [0.5, 0.6) is 0 Å². The van der Waals surface area contributed by atoms with Crippen molar-refractivity contribution in [3.8, 4) is 0 Å². The maximum Gasteiger partial charge on any atom is 0.191 e. The molecule has 0 saturated carbocycles. The Kier molecular flexibility index (Phi) is 7.04. The van der Waals surface area contributed by atoms with Gasteiger partial charge in [-0.25, -0.2) is 0 Å². The molecule has 1 aromatic carbocycles. The highest BCUT2D eigenvalue weighted by atomic mass is 32.2. The number of hydrogen-bond donors (Lipinski definition) is 0. The molecule has 2 aromatic heterocycles. The molecule has 164 valence electrons. The number of nitrogens with zero attached hydrogens (tertiary/aromatic N) is 4. The van der Waals surface area contributed by atoms with Gasteiger partial charge in [-0.1, -0.05) is 48.2 Å². The van der Waals surface area contributed by atoms with E-state index in [-0.39, 0.29) is 0 Å². The van der Waals surface area contributed by atoms with E-state index < -0.39 is 0 Å². The Morgan fingerprint density at radius 1 is 1.00 bits per heavy atom. The molecule has 4 heterocycles. The van der Waals surface area contributed by atoms with Crippen LogP contribution in [0.4, 0.5) is 0 Å². The van der Waals surface area contributed by atoms with Crippen molar-refractivity contribution in [2.24, 2.45) is 0 Å². The van der Waals surface area contributed by atoms with E-state index in [9.17, 15) is 0 Å². The van der Waals surface area contributed by atoms with E-state index in [0.717, 1.165) is 68.8 Å². The van der Waals surface area contributed by atoms with Crippen LogP contribution in [0.1, 0.15) is 47.9 Å². The van der Waals surface area contributed by atoms with Crippen molar-refractivity contribution >= 4 is 23.1 Å². The van der Waals surface area contributed by atoms with E-state index in [0.29, 0.717) is 12.0 Å². The van der Waals surface area contributed by atoms with Crippen molar-refractivity contribution in [3.05, 3.63) is 64.1 Å². The molecular weight excluding hydrogens is 424 g/mol. The zero-order valence-corrected chi connectivity index (χ0v) is 19.5. The summed E-state index contributed by atoms with van der Waals surface area (Å²) in [5.74, 6) is 2.61. The molecule has 0 spiro atoms. The van der Waals surface area contributed by atoms with Crippen molar-refractivity contribution in [1.29, 1.82) is 0 Å². The van der Waals surface area contributed by atoms with Gasteiger partial charge in [0.15, 0.2) is 5.16 Å². The Bertz CT molecular complexity index is 930. The Morgan fingerprint density at radius 2 is 1.87 bits per heavy atom. The van der Waals surface area contributed by atoms with Crippen LogP contribution in [-0.4, -0.2) is 51.2 Å². The van der Waals surface area contributed by atoms with Crippen molar-refractivity contribution < 1.29 is 4.74 Å². The van der Waals surface area contributed by atoms with Crippen molar-refractivity contribution in [3.63, 3.8) is 0 Å². The molecular formula is C24H30N4OS2. The van der Waals surface area contributed by atoms with Gasteiger partial charge < -0.3 is 9.30 Å². The quantitative estimate of drug-likeness (QED) is 0.446. The fourth-order valence-electron chi connectivity index (χ4n) is 4.54. The number of thioether (sulfide) groups is 1. The first-order chi connectivity index (χ1) is 15.3. The van der Waals surface area contributed by atoms with E-state index in [1.54, 1.807) is 0 Å². The SMILES string of the molecule is c1ccc(Cn2c(SCC3CCCO3)nnc2C2CCN(Cc3cccs3)CC2)cc1. The highest BCUT2D eigenvalue weighted by Gasteiger charge is 2.27. The molecule has 31 heavy (non-hydrogen) atoms. The topological polar surface area (TPSA) is 43.2 Å². The van der Waals surface area contributed by atoms with Gasteiger partial charge in [0, 0.05) is 29.7 Å². The van der Waals surface area contributed by atoms with E-state index in [1.807, 2.05) is 23.1 Å². The lowest BCUT2D eigenvalue weighted by atomic mass is 9.95. The molecule has 7 heteroatoms. The number of piperidine rings is 1. The molecule has 3 aromatic rings. The van der Waals surface area contributed by atoms with Crippen LogP contribution in [0.3, 0.4) is 0 Å². The number of ether oxygens (including phenoxy) is 1. The van der Waals surface area contributed by atoms with Crippen LogP contribution in [-0.2, 0) is 17.8 Å². The summed E-state index contributed by atoms with van der Waals surface area (Å²) in [6, 6.07) is 15.1. The largest absolute Gasteiger partial charge is 0.377 e. The third-order valence-corrected chi connectivity index (χ3v) is 8.22. The molecule has 2 aliphatic heterocycles. The maximum atomic E-state index is 5.83. The third-order valence-electron chi connectivity index (χ3n) is 6.26. The minimum absolute atomic E-state index is 0.357. The van der Waals surface area contributed by atoms with Gasteiger partial charge in [0.2, 0.25) is 0 Å². The zero-order valence-electron chi connectivity index (χ0n) is 17.9. The number of thiophene rings is 1. The van der Waals surface area contributed by atoms with Crippen LogP contribution in [0, 0.1) is 0 Å². The summed E-state index contributed by atoms with van der Waals surface area (Å²) in [5.41, 5.74) is 1.30. The standard InChI is InChI=1S/C24H30N4OS2/c1-2-6-19(7-3-1)16-28-23(25-26-24(28)31-18-21-8-4-14-29-21)20-10-12-27(13-11-20)17-22-9-5-15-30-22/h1-3,5-7,9,15,20-21H,4,8,10-14,16-18H2. The highest BCUT2D eigenvalue weighted by molar-refractivity contribution is 7.99. The first-order valence-corrected chi connectivity index (χ1v) is 13.2. The molecule has 5 rings (SSSR count). The molecule has 1 atom stereocenters. The molecule has 0 amide bonds. The Balaban J connectivity index is 1.29. The van der Waals surface area contributed by atoms with Crippen LogP contribution < -0.4 is 0 Å². The van der Waals surface area contributed by atoms with Crippen molar-refractivity contribution in [2.45, 2.75) is 56.0 Å². The molecule has 0 radical (unpaired) electrons. The Labute approximate surface area is 192 Å². The van der Waals surface area contributed by atoms with Gasteiger partial charge in [-0.15, -0.1) is 21.5 Å². The monoisotopic (exact) mass is 454 g/mol. The number of likely N-dealkylation sites (tertiary alicyclic amines) is 1. The number of benzene rings is 1. The van der Waals surface area contributed by atoms with Crippen molar-refractivity contribution in [1.82, 2.24) is 19.7 Å². The molecule has 2 saturated heterocycles. The summed E-state index contributed by atoms with van der Waals surface area (Å²) in [7, 11) is 0. The number of rotatable bonds is 8. The summed E-state index contributed by atoms with van der Waals surface area (Å²) >= 11 is 3.66. The number of aromatic nitrogens is 3. The second-order valence-electron chi connectivity index (χ2n) is 8.49. The van der Waals surface area contributed by atoms with Gasteiger partial charge in [0.05, 0.1) is 12.6 Å². The summed E-state index contributed by atoms with van der Waals surface area (Å²) in [5, 5.41) is 12.6. The molecule has 0 bridgehead atoms. The summed E-state index contributed by atoms with van der Waals surface area (Å²) in [6.45, 7) is 5.06. The predicted octanol–water partition coefficient (Wildman–Crippen LogP) is 5.04. The van der Waals surface area contributed by atoms with E-state index in [2.05, 4.69) is 62.4 Å². The van der Waals surface area contributed by atoms with Gasteiger partial charge in [0.1, 0.15) is 5.82 Å². The lowest BCUT2D eigenvalue weighted by molar-refractivity contribution is 0.129. The molecule has 2 aliphatic rings. The van der Waals surface area contributed by atoms with Crippen LogP contribution in [0.25, 0.3) is 0 Å². The third kappa shape index (κ3) is 5.40. The maximum absolute atomic E-state index is 5.83. The summed E-state index contributed by atoms with van der Waals surface area (Å²) in [6.07, 6.45) is 4.99. The molecule has 0 aliphatic carbocycles. The van der Waals surface area contributed by atoms with E-state index in [4.69, 9.17) is 9.84 Å². The Hall–Kier alpha value is -1.67. The first kappa shape index (κ1) is 21.2. The average Bonchev–Trinajstić information content (AvgIpc) is 3.57. The Morgan fingerprint density at radius 3 is 2.61 bits per heavy atom. The summed E-state index contributed by atoms with van der Waals surface area (Å²) in [4.78, 5) is 4.03. The minimum atomic E-state index is 0.357. The molecule has 2 fully saturated rings. The molecule has 5 nitrogen and oxygen atoms in total. The summed E-state index contributed by atoms with van der Waals surface area (Å²) < 4.78 is 8.20. The van der Waals surface area contributed by atoms with Crippen LogP contribution in [0.15, 0.2) is 53.0 Å². The average molecular weight is 455 g/mol. The lowest BCUT2D eigenvalue weighted by Gasteiger charge is -2.31. The second kappa shape index (κ2) is 10.3. The fourth-order valence-corrected chi connectivity index (χ4v) is 6.30. The fraction of sp³-hybridized carbons (Fsp3) is 0.500. The van der Waals surface area contributed by atoms with Gasteiger partial charge in [-0.05, 0) is 55.8 Å². The van der Waals surface area contributed by atoms with E-state index >= 15 is 0 Å². The van der Waals surface area contributed by atoms with Crippen LogP contribution in [0.2, 0.25) is 0 Å². The van der Waals surface area contributed by atoms with Crippen LogP contribution >= 0.6 is 23.1 Å².